The van der Waals surface area contributed by atoms with E-state index in [1.165, 1.54) is 47.3 Å². The van der Waals surface area contributed by atoms with Crippen molar-refractivity contribution in [3.63, 3.8) is 0 Å². The zero-order chi connectivity index (χ0) is 13.8. The smallest absolute Gasteiger partial charge is 0.103 e. The van der Waals surface area contributed by atoms with E-state index in [4.69, 9.17) is 0 Å². The summed E-state index contributed by atoms with van der Waals surface area (Å²) in [6.45, 7) is 8.20. The van der Waals surface area contributed by atoms with Gasteiger partial charge in [-0.1, -0.05) is 37.6 Å². The molecule has 0 aliphatic heterocycles. The maximum Gasteiger partial charge on any atom is 0.103 e. The number of hydrogen-bond acceptors (Lipinski definition) is 1. The predicted molar refractivity (Wildman–Crippen MR) is 81.5 cm³/mol. The molecule has 2 nitrogen and oxygen atoms in total. The summed E-state index contributed by atoms with van der Waals surface area (Å²) in [5, 5.41) is 0. The van der Waals surface area contributed by atoms with Crippen molar-refractivity contribution in [3.05, 3.63) is 40.8 Å². The molecule has 0 saturated carbocycles. The van der Waals surface area contributed by atoms with Crippen LogP contribution in [0.5, 0.6) is 0 Å². The highest BCUT2D eigenvalue weighted by molar-refractivity contribution is 5.67. The minimum Gasteiger partial charge on any atom is -0.346 e. The normalized spacial score (nSPS) is 13.5. The fourth-order valence-corrected chi connectivity index (χ4v) is 2.72. The second-order valence-corrected chi connectivity index (χ2v) is 5.02. The number of nitrogens with one attached hydrogen (secondary N) is 1. The van der Waals surface area contributed by atoms with Crippen molar-refractivity contribution in [2.45, 2.75) is 53.4 Å². The number of nitrogens with zero attached hydrogens (tertiary/aromatic N) is 1. The number of hydrogen-bond donors (Lipinski definition) is 1. The summed E-state index contributed by atoms with van der Waals surface area (Å²) in [5.41, 5.74) is 6.62. The van der Waals surface area contributed by atoms with Crippen molar-refractivity contribution >= 4 is 0 Å². The molecule has 3 rings (SSSR count). The largest absolute Gasteiger partial charge is 0.346 e. The Bertz CT molecular complexity index is 552. The van der Waals surface area contributed by atoms with E-state index < -0.39 is 0 Å². The van der Waals surface area contributed by atoms with Gasteiger partial charge in [0.25, 0.3) is 0 Å². The molecule has 102 valence electrons. The predicted octanol–water partition coefficient (Wildman–Crippen LogP) is 4.60. The van der Waals surface area contributed by atoms with Gasteiger partial charge in [0.05, 0.1) is 5.69 Å². The van der Waals surface area contributed by atoms with E-state index in [-0.39, 0.29) is 0 Å². The van der Waals surface area contributed by atoms with Crippen LogP contribution in [0.2, 0.25) is 0 Å². The van der Waals surface area contributed by atoms with Gasteiger partial charge in [-0.25, -0.2) is 4.98 Å². The van der Waals surface area contributed by atoms with Crippen LogP contribution in [0, 0.1) is 13.8 Å². The number of aryl methyl sites for hydroxylation is 4. The summed E-state index contributed by atoms with van der Waals surface area (Å²) < 4.78 is 0. The second-order valence-electron chi connectivity index (χ2n) is 5.02. The number of benzene rings is 1. The minimum absolute atomic E-state index is 1.03. The molecule has 0 spiro atoms. The standard InChI is InChI=1S/C15H18N2.C2H6/c1-10-7-8-13-12(9-10)5-3-4-6-14-15(13)17-11(2)16-14;1-2/h7-9H,3-6H2,1-2H3,(H,16,17);1-2H3. The highest BCUT2D eigenvalue weighted by Crippen LogP contribution is 2.30. The Morgan fingerprint density at radius 2 is 1.79 bits per heavy atom. The average molecular weight is 256 g/mol. The van der Waals surface area contributed by atoms with E-state index in [0.717, 1.165) is 12.2 Å². The van der Waals surface area contributed by atoms with E-state index >= 15 is 0 Å². The van der Waals surface area contributed by atoms with Gasteiger partial charge in [0, 0.05) is 11.3 Å². The van der Waals surface area contributed by atoms with E-state index in [1.54, 1.807) is 0 Å². The third kappa shape index (κ3) is 2.89. The van der Waals surface area contributed by atoms with Gasteiger partial charge >= 0.3 is 0 Å². The van der Waals surface area contributed by atoms with Gasteiger partial charge in [-0.2, -0.15) is 0 Å². The molecule has 1 heterocycles. The summed E-state index contributed by atoms with van der Waals surface area (Å²) in [7, 11) is 0. The lowest BCUT2D eigenvalue weighted by Crippen LogP contribution is -2.00. The highest BCUT2D eigenvalue weighted by atomic mass is 14.9. The van der Waals surface area contributed by atoms with Crippen molar-refractivity contribution in [2.75, 3.05) is 0 Å². The van der Waals surface area contributed by atoms with Crippen LogP contribution in [-0.4, -0.2) is 9.97 Å². The Kier molecular flexibility index (Phi) is 4.41. The van der Waals surface area contributed by atoms with Crippen molar-refractivity contribution in [1.82, 2.24) is 9.97 Å². The van der Waals surface area contributed by atoms with Crippen molar-refractivity contribution in [1.29, 1.82) is 0 Å². The van der Waals surface area contributed by atoms with Crippen LogP contribution in [0.1, 0.15) is 49.3 Å². The molecule has 1 aromatic heterocycles. The topological polar surface area (TPSA) is 28.7 Å². The van der Waals surface area contributed by atoms with Gasteiger partial charge in [0.15, 0.2) is 0 Å². The summed E-state index contributed by atoms with van der Waals surface area (Å²) in [6.07, 6.45) is 4.84. The minimum atomic E-state index is 1.03. The Balaban J connectivity index is 0.000000637. The molecule has 0 unspecified atom stereocenters. The summed E-state index contributed by atoms with van der Waals surface area (Å²) in [4.78, 5) is 8.08. The van der Waals surface area contributed by atoms with Crippen LogP contribution < -0.4 is 0 Å². The van der Waals surface area contributed by atoms with E-state index in [0.29, 0.717) is 0 Å². The highest BCUT2D eigenvalue weighted by Gasteiger charge is 2.16. The molecule has 0 atom stereocenters. The number of fused-ring (bicyclic) bond motifs is 3. The number of H-pyrrole nitrogens is 1. The second kappa shape index (κ2) is 6.05. The average Bonchev–Trinajstić information content (AvgIpc) is 2.76. The lowest BCUT2D eigenvalue weighted by Gasteiger charge is -2.13. The molecule has 0 bridgehead atoms. The summed E-state index contributed by atoms with van der Waals surface area (Å²) in [6, 6.07) is 6.73. The van der Waals surface area contributed by atoms with Gasteiger partial charge in [-0.15, -0.1) is 0 Å². The summed E-state index contributed by atoms with van der Waals surface area (Å²) in [5.74, 6) is 1.03. The first-order valence-electron chi connectivity index (χ1n) is 7.39. The van der Waals surface area contributed by atoms with E-state index in [1.807, 2.05) is 20.8 Å². The van der Waals surface area contributed by atoms with Gasteiger partial charge < -0.3 is 4.98 Å². The maximum atomic E-state index is 4.67. The summed E-state index contributed by atoms with van der Waals surface area (Å²) >= 11 is 0. The third-order valence-electron chi connectivity index (χ3n) is 3.54. The molecule has 2 aromatic rings. The Morgan fingerprint density at radius 3 is 2.58 bits per heavy atom. The first kappa shape index (κ1) is 13.9. The Morgan fingerprint density at radius 1 is 1.05 bits per heavy atom. The van der Waals surface area contributed by atoms with Gasteiger partial charge in [0.1, 0.15) is 5.82 Å². The number of aromatic amines is 1. The molecule has 0 radical (unpaired) electrons. The van der Waals surface area contributed by atoms with Crippen molar-refractivity contribution in [2.24, 2.45) is 0 Å². The number of imidazole rings is 1. The van der Waals surface area contributed by atoms with Crippen LogP contribution in [0.15, 0.2) is 18.2 Å². The lowest BCUT2D eigenvalue weighted by atomic mass is 9.92. The SMILES string of the molecule is CC.Cc1ccc2c(c1)CCCCc1[nH]c(C)nc1-2. The molecule has 0 saturated heterocycles. The first-order chi connectivity index (χ1) is 9.24. The van der Waals surface area contributed by atoms with Crippen LogP contribution in [-0.2, 0) is 12.8 Å². The molecule has 0 amide bonds. The molecular formula is C17H24N2. The fourth-order valence-electron chi connectivity index (χ4n) is 2.72. The lowest BCUT2D eigenvalue weighted by molar-refractivity contribution is 0.719. The van der Waals surface area contributed by atoms with E-state index in [9.17, 15) is 0 Å². The fraction of sp³-hybridized carbons (Fsp3) is 0.471. The maximum absolute atomic E-state index is 4.67. The molecular weight excluding hydrogens is 232 g/mol. The molecule has 2 heteroatoms. The molecule has 1 aliphatic rings. The number of aromatic nitrogens is 2. The molecule has 1 aromatic carbocycles. The Hall–Kier alpha value is -1.57. The molecule has 19 heavy (non-hydrogen) atoms. The third-order valence-corrected chi connectivity index (χ3v) is 3.54. The van der Waals surface area contributed by atoms with Gasteiger partial charge in [-0.05, 0) is 45.1 Å². The molecule has 1 N–H and O–H groups in total. The quantitative estimate of drug-likeness (QED) is 0.733. The van der Waals surface area contributed by atoms with E-state index in [2.05, 4.69) is 35.1 Å². The van der Waals surface area contributed by atoms with Crippen LogP contribution in [0.4, 0.5) is 0 Å². The zero-order valence-corrected chi connectivity index (χ0v) is 12.5. The molecule has 0 fully saturated rings. The Labute approximate surface area is 116 Å². The van der Waals surface area contributed by atoms with Crippen molar-refractivity contribution < 1.29 is 0 Å². The number of rotatable bonds is 0. The van der Waals surface area contributed by atoms with Crippen LogP contribution >= 0.6 is 0 Å². The monoisotopic (exact) mass is 256 g/mol. The first-order valence-corrected chi connectivity index (χ1v) is 7.39. The van der Waals surface area contributed by atoms with Crippen LogP contribution in [0.3, 0.4) is 0 Å². The van der Waals surface area contributed by atoms with Gasteiger partial charge in [-0.3, -0.25) is 0 Å². The van der Waals surface area contributed by atoms with Gasteiger partial charge in [0.2, 0.25) is 0 Å². The van der Waals surface area contributed by atoms with Crippen molar-refractivity contribution in [3.8, 4) is 11.3 Å². The zero-order valence-electron chi connectivity index (χ0n) is 12.5. The van der Waals surface area contributed by atoms with Crippen LogP contribution in [0.25, 0.3) is 11.3 Å². The molecule has 1 aliphatic carbocycles.